The number of rotatable bonds is 3. The first kappa shape index (κ1) is 14.6. The summed E-state index contributed by atoms with van der Waals surface area (Å²) in [6.07, 6.45) is 0.747. The summed E-state index contributed by atoms with van der Waals surface area (Å²) in [5.41, 5.74) is 8.36. The van der Waals surface area contributed by atoms with Crippen LogP contribution in [0.5, 0.6) is 0 Å². The zero-order valence-corrected chi connectivity index (χ0v) is 13.7. The third kappa shape index (κ3) is 2.18. The number of nitrogens with zero attached hydrogens (tertiary/aromatic N) is 1. The van der Waals surface area contributed by atoms with Gasteiger partial charge in [0.05, 0.1) is 5.69 Å². The van der Waals surface area contributed by atoms with Gasteiger partial charge in [0.1, 0.15) is 4.90 Å². The summed E-state index contributed by atoms with van der Waals surface area (Å²) >= 11 is 1.41. The topological polar surface area (TPSA) is 63.4 Å². The third-order valence-corrected chi connectivity index (χ3v) is 7.25. The molecule has 3 rings (SSSR count). The van der Waals surface area contributed by atoms with Crippen molar-refractivity contribution in [2.45, 2.75) is 37.8 Å². The Morgan fingerprint density at radius 1 is 1.38 bits per heavy atom. The zero-order chi connectivity index (χ0) is 15.2. The Labute approximate surface area is 129 Å². The van der Waals surface area contributed by atoms with E-state index in [4.69, 9.17) is 5.73 Å². The molecular formula is C15H18N2O2S2. The molecule has 0 amide bonds. The number of hydrogen-bond acceptors (Lipinski definition) is 4. The highest BCUT2D eigenvalue weighted by Gasteiger charge is 2.38. The van der Waals surface area contributed by atoms with E-state index in [1.165, 1.54) is 11.3 Å². The molecule has 0 bridgehead atoms. The standard InChI is InChI=1S/C15H18N2O2S2/c1-10-9-20-14(8-16)15(10)21(18,19)17-11(2)7-12-5-3-4-6-13(12)17/h3-6,9,11H,7-8,16H2,1-2H3. The van der Waals surface area contributed by atoms with Gasteiger partial charge in [-0.2, -0.15) is 0 Å². The van der Waals surface area contributed by atoms with Gasteiger partial charge in [-0.3, -0.25) is 4.31 Å². The van der Waals surface area contributed by atoms with Gasteiger partial charge in [-0.15, -0.1) is 11.3 Å². The lowest BCUT2D eigenvalue weighted by Crippen LogP contribution is -2.36. The van der Waals surface area contributed by atoms with E-state index in [1.807, 2.05) is 43.5 Å². The fourth-order valence-electron chi connectivity index (χ4n) is 2.98. The normalized spacial score (nSPS) is 18.0. The second kappa shape index (κ2) is 5.12. The van der Waals surface area contributed by atoms with Crippen LogP contribution < -0.4 is 10.0 Å². The summed E-state index contributed by atoms with van der Waals surface area (Å²) < 4.78 is 27.8. The largest absolute Gasteiger partial charge is 0.326 e. The Hall–Kier alpha value is -1.37. The van der Waals surface area contributed by atoms with Crippen LogP contribution in [0.15, 0.2) is 34.5 Å². The lowest BCUT2D eigenvalue weighted by Gasteiger charge is -2.25. The molecule has 2 N–H and O–H groups in total. The van der Waals surface area contributed by atoms with Crippen molar-refractivity contribution in [3.05, 3.63) is 45.6 Å². The number of para-hydroxylation sites is 1. The van der Waals surface area contributed by atoms with E-state index in [0.717, 1.165) is 28.1 Å². The molecule has 1 aromatic carbocycles. The molecule has 2 heterocycles. The summed E-state index contributed by atoms with van der Waals surface area (Å²) in [6.45, 7) is 4.02. The lowest BCUT2D eigenvalue weighted by atomic mass is 10.1. The number of benzene rings is 1. The summed E-state index contributed by atoms with van der Waals surface area (Å²) in [4.78, 5) is 1.11. The average molecular weight is 322 g/mol. The first-order valence-corrected chi connectivity index (χ1v) is 9.18. The number of fused-ring (bicyclic) bond motifs is 1. The fraction of sp³-hybridized carbons (Fsp3) is 0.333. The molecule has 1 aliphatic heterocycles. The van der Waals surface area contributed by atoms with Crippen LogP contribution in [0.25, 0.3) is 0 Å². The van der Waals surface area contributed by atoms with Gasteiger partial charge in [0.15, 0.2) is 0 Å². The van der Waals surface area contributed by atoms with Crippen molar-refractivity contribution in [3.63, 3.8) is 0 Å². The number of sulfonamides is 1. The van der Waals surface area contributed by atoms with Gasteiger partial charge in [0.2, 0.25) is 0 Å². The van der Waals surface area contributed by atoms with E-state index in [1.54, 1.807) is 4.31 Å². The lowest BCUT2D eigenvalue weighted by molar-refractivity contribution is 0.583. The number of thiophene rings is 1. The van der Waals surface area contributed by atoms with Crippen LogP contribution in [0.1, 0.15) is 22.9 Å². The predicted octanol–water partition coefficient (Wildman–Crippen LogP) is 2.66. The highest BCUT2D eigenvalue weighted by molar-refractivity contribution is 7.93. The van der Waals surface area contributed by atoms with Crippen molar-refractivity contribution in [2.24, 2.45) is 5.73 Å². The molecule has 1 unspecified atom stereocenters. The molecule has 0 saturated carbocycles. The Balaban J connectivity index is 2.17. The second-order valence-corrected chi connectivity index (χ2v) is 8.07. The van der Waals surface area contributed by atoms with Crippen LogP contribution in [-0.4, -0.2) is 14.5 Å². The van der Waals surface area contributed by atoms with Crippen LogP contribution >= 0.6 is 11.3 Å². The average Bonchev–Trinajstić information content (AvgIpc) is 2.98. The van der Waals surface area contributed by atoms with Crippen LogP contribution in [0.4, 0.5) is 5.69 Å². The highest BCUT2D eigenvalue weighted by atomic mass is 32.2. The molecule has 0 spiro atoms. The minimum atomic E-state index is -3.57. The molecule has 0 saturated heterocycles. The monoisotopic (exact) mass is 322 g/mol. The van der Waals surface area contributed by atoms with Crippen molar-refractivity contribution in [2.75, 3.05) is 4.31 Å². The summed E-state index contributed by atoms with van der Waals surface area (Å²) in [7, 11) is -3.57. The highest BCUT2D eigenvalue weighted by Crippen LogP contribution is 2.39. The number of nitrogens with two attached hydrogens (primary N) is 1. The van der Waals surface area contributed by atoms with E-state index in [2.05, 4.69) is 0 Å². The quantitative estimate of drug-likeness (QED) is 0.945. The van der Waals surface area contributed by atoms with Crippen molar-refractivity contribution < 1.29 is 8.42 Å². The van der Waals surface area contributed by atoms with Gasteiger partial charge >= 0.3 is 0 Å². The molecule has 6 heteroatoms. The third-order valence-electron chi connectivity index (χ3n) is 3.84. The minimum Gasteiger partial charge on any atom is -0.326 e. The van der Waals surface area contributed by atoms with Crippen molar-refractivity contribution >= 4 is 27.0 Å². The first-order chi connectivity index (χ1) is 9.96. The molecule has 1 aliphatic rings. The van der Waals surface area contributed by atoms with Crippen LogP contribution in [0.2, 0.25) is 0 Å². The smallest absolute Gasteiger partial charge is 0.266 e. The number of aryl methyl sites for hydroxylation is 1. The summed E-state index contributed by atoms with van der Waals surface area (Å²) in [6, 6.07) is 7.62. The molecule has 0 radical (unpaired) electrons. The molecule has 4 nitrogen and oxygen atoms in total. The van der Waals surface area contributed by atoms with Gasteiger partial charge < -0.3 is 5.73 Å². The van der Waals surface area contributed by atoms with Crippen molar-refractivity contribution in [1.29, 1.82) is 0 Å². The van der Waals surface area contributed by atoms with E-state index < -0.39 is 10.0 Å². The zero-order valence-electron chi connectivity index (χ0n) is 12.0. The van der Waals surface area contributed by atoms with Crippen LogP contribution in [-0.2, 0) is 23.0 Å². The maximum atomic E-state index is 13.1. The molecule has 2 aromatic rings. The summed E-state index contributed by atoms with van der Waals surface area (Å²) in [5, 5.41) is 1.86. The predicted molar refractivity (Wildman–Crippen MR) is 86.2 cm³/mol. The van der Waals surface area contributed by atoms with Gasteiger partial charge in [-0.1, -0.05) is 18.2 Å². The maximum Gasteiger partial charge on any atom is 0.266 e. The van der Waals surface area contributed by atoms with Crippen LogP contribution in [0, 0.1) is 6.92 Å². The van der Waals surface area contributed by atoms with Gasteiger partial charge in [-0.25, -0.2) is 8.42 Å². The van der Waals surface area contributed by atoms with E-state index >= 15 is 0 Å². The van der Waals surface area contributed by atoms with Gasteiger partial charge in [0, 0.05) is 17.5 Å². The molecule has 1 aromatic heterocycles. The Morgan fingerprint density at radius 3 is 2.81 bits per heavy atom. The van der Waals surface area contributed by atoms with E-state index in [-0.39, 0.29) is 12.6 Å². The Morgan fingerprint density at radius 2 is 2.10 bits per heavy atom. The first-order valence-electron chi connectivity index (χ1n) is 6.86. The molecule has 0 fully saturated rings. The SMILES string of the molecule is Cc1csc(CN)c1S(=O)(=O)N1c2ccccc2CC1C. The second-order valence-electron chi connectivity index (χ2n) is 5.36. The van der Waals surface area contributed by atoms with Crippen molar-refractivity contribution in [1.82, 2.24) is 0 Å². The van der Waals surface area contributed by atoms with Crippen LogP contribution in [0.3, 0.4) is 0 Å². The Bertz CT molecular complexity index is 781. The van der Waals surface area contributed by atoms with Crippen molar-refractivity contribution in [3.8, 4) is 0 Å². The minimum absolute atomic E-state index is 0.0719. The van der Waals surface area contributed by atoms with E-state index in [0.29, 0.717) is 4.90 Å². The Kier molecular flexibility index (Phi) is 3.55. The van der Waals surface area contributed by atoms with E-state index in [9.17, 15) is 8.42 Å². The molecule has 0 aliphatic carbocycles. The molecule has 112 valence electrons. The molecule has 21 heavy (non-hydrogen) atoms. The number of anilines is 1. The molecule has 1 atom stereocenters. The fourth-order valence-corrected chi connectivity index (χ4v) is 6.33. The van der Waals surface area contributed by atoms with Gasteiger partial charge in [-0.05, 0) is 42.8 Å². The maximum absolute atomic E-state index is 13.1. The number of hydrogen-bond donors (Lipinski definition) is 1. The summed E-state index contributed by atoms with van der Waals surface area (Å²) in [5.74, 6) is 0. The van der Waals surface area contributed by atoms with Gasteiger partial charge in [0.25, 0.3) is 10.0 Å². The molecular weight excluding hydrogens is 304 g/mol.